The molecular weight excluding hydrogens is 410 g/mol. The number of fused-ring (bicyclic) bond motifs is 4. The Morgan fingerprint density at radius 2 is 1.18 bits per heavy atom. The molecule has 0 amide bonds. The van der Waals surface area contributed by atoms with E-state index in [2.05, 4.69) is 134 Å². The molecule has 5 aromatic carbocycles. The summed E-state index contributed by atoms with van der Waals surface area (Å²) in [6, 6.07) is 41.7. The summed E-state index contributed by atoms with van der Waals surface area (Å²) < 4.78 is 0. The van der Waals surface area contributed by atoms with E-state index in [1.54, 1.807) is 0 Å². The van der Waals surface area contributed by atoms with Crippen molar-refractivity contribution < 1.29 is 0 Å². The van der Waals surface area contributed by atoms with E-state index < -0.39 is 0 Å². The van der Waals surface area contributed by atoms with Crippen molar-refractivity contribution in [3.05, 3.63) is 126 Å². The molecule has 0 radical (unpaired) electrons. The molecule has 0 N–H and O–H groups in total. The monoisotopic (exact) mass is 441 g/mol. The van der Waals surface area contributed by atoms with Gasteiger partial charge in [0.2, 0.25) is 0 Å². The maximum atomic E-state index is 2.39. The molecule has 1 aliphatic carbocycles. The van der Waals surface area contributed by atoms with Crippen LogP contribution >= 0.6 is 0 Å². The van der Waals surface area contributed by atoms with Gasteiger partial charge >= 0.3 is 0 Å². The molecule has 0 aliphatic heterocycles. The van der Waals surface area contributed by atoms with Crippen LogP contribution in [0.5, 0.6) is 0 Å². The first-order valence-corrected chi connectivity index (χ1v) is 12.2. The molecule has 0 aromatic heterocycles. The third-order valence-corrected chi connectivity index (χ3v) is 6.85. The van der Waals surface area contributed by atoms with Crippen LogP contribution in [-0.4, -0.2) is 0 Å². The van der Waals surface area contributed by atoms with Gasteiger partial charge in [-0.15, -0.1) is 0 Å². The zero-order chi connectivity index (χ0) is 23.7. The van der Waals surface area contributed by atoms with E-state index in [4.69, 9.17) is 0 Å². The minimum Gasteiger partial charge on any atom is -0.310 e. The van der Waals surface area contributed by atoms with Crippen LogP contribution in [0.2, 0.25) is 0 Å². The first-order valence-electron chi connectivity index (χ1n) is 12.2. The molecule has 0 unspecified atom stereocenters. The second-order valence-corrected chi connectivity index (χ2v) is 9.07. The van der Waals surface area contributed by atoms with Crippen LogP contribution in [0.25, 0.3) is 21.9 Å². The van der Waals surface area contributed by atoms with Crippen LogP contribution in [0, 0.1) is 0 Å². The third kappa shape index (κ3) is 3.49. The van der Waals surface area contributed by atoms with Crippen molar-refractivity contribution in [2.24, 2.45) is 0 Å². The summed E-state index contributed by atoms with van der Waals surface area (Å²) in [5.74, 6) is 0. The highest BCUT2D eigenvalue weighted by atomic mass is 15.1. The van der Waals surface area contributed by atoms with Gasteiger partial charge in [-0.3, -0.25) is 0 Å². The largest absolute Gasteiger partial charge is 0.310 e. The Kier molecular flexibility index (Phi) is 5.71. The maximum absolute atomic E-state index is 2.39. The van der Waals surface area contributed by atoms with Gasteiger partial charge in [0.15, 0.2) is 0 Å². The highest BCUT2D eigenvalue weighted by Crippen LogP contribution is 2.50. The Morgan fingerprint density at radius 1 is 0.529 bits per heavy atom. The Hall–Kier alpha value is -3.84. The number of hydrogen-bond donors (Lipinski definition) is 0. The van der Waals surface area contributed by atoms with Crippen LogP contribution in [0.3, 0.4) is 0 Å². The molecule has 0 spiro atoms. The van der Waals surface area contributed by atoms with Crippen molar-refractivity contribution >= 4 is 27.8 Å². The van der Waals surface area contributed by atoms with Gasteiger partial charge in [-0.05, 0) is 58.0 Å². The molecular formula is C33H31N. The Labute approximate surface area is 203 Å². The lowest BCUT2D eigenvalue weighted by Gasteiger charge is -2.29. The number of benzene rings is 5. The molecule has 1 aliphatic rings. The van der Waals surface area contributed by atoms with E-state index in [1.807, 2.05) is 13.8 Å². The number of hydrogen-bond acceptors (Lipinski definition) is 1. The van der Waals surface area contributed by atoms with E-state index in [1.165, 1.54) is 44.4 Å². The van der Waals surface area contributed by atoms with Gasteiger partial charge in [0.1, 0.15) is 0 Å². The van der Waals surface area contributed by atoms with Crippen molar-refractivity contribution in [2.45, 2.75) is 33.1 Å². The number of para-hydroxylation sites is 1. The summed E-state index contributed by atoms with van der Waals surface area (Å²) in [4.78, 5) is 2.39. The van der Waals surface area contributed by atoms with E-state index in [9.17, 15) is 0 Å². The van der Waals surface area contributed by atoms with E-state index >= 15 is 0 Å². The van der Waals surface area contributed by atoms with Crippen molar-refractivity contribution in [3.63, 3.8) is 0 Å². The molecule has 6 rings (SSSR count). The highest BCUT2D eigenvalue weighted by molar-refractivity contribution is 5.99. The van der Waals surface area contributed by atoms with Gasteiger partial charge in [-0.2, -0.15) is 0 Å². The average molecular weight is 442 g/mol. The molecule has 0 bridgehead atoms. The zero-order valence-corrected chi connectivity index (χ0v) is 20.4. The third-order valence-electron chi connectivity index (χ3n) is 6.85. The fourth-order valence-corrected chi connectivity index (χ4v) is 5.24. The molecule has 0 saturated carbocycles. The van der Waals surface area contributed by atoms with Gasteiger partial charge in [-0.25, -0.2) is 0 Å². The Morgan fingerprint density at radius 3 is 2.00 bits per heavy atom. The molecule has 0 atom stereocenters. The minimum absolute atomic E-state index is 0.0248. The molecule has 0 heterocycles. The van der Waals surface area contributed by atoms with Crippen molar-refractivity contribution in [1.29, 1.82) is 0 Å². The lowest BCUT2D eigenvalue weighted by atomic mass is 9.82. The second kappa shape index (κ2) is 8.83. The lowest BCUT2D eigenvalue weighted by molar-refractivity contribution is 0.660. The van der Waals surface area contributed by atoms with Crippen LogP contribution in [0.4, 0.5) is 17.1 Å². The normalized spacial score (nSPS) is 12.9. The van der Waals surface area contributed by atoms with Gasteiger partial charge in [0.25, 0.3) is 0 Å². The fourth-order valence-electron chi connectivity index (χ4n) is 5.24. The maximum Gasteiger partial charge on any atom is 0.0540 e. The van der Waals surface area contributed by atoms with Crippen LogP contribution in [0.15, 0.2) is 115 Å². The first-order chi connectivity index (χ1) is 16.6. The summed E-state index contributed by atoms with van der Waals surface area (Å²) in [6.45, 7) is 8.68. The predicted octanol–water partition coefficient (Wildman–Crippen LogP) is 9.64. The molecule has 1 nitrogen and oxygen atoms in total. The average Bonchev–Trinajstić information content (AvgIpc) is 3.13. The van der Waals surface area contributed by atoms with E-state index in [0.717, 1.165) is 5.69 Å². The van der Waals surface area contributed by atoms with Crippen LogP contribution in [0.1, 0.15) is 38.8 Å². The quantitative estimate of drug-likeness (QED) is 0.269. The molecule has 0 fully saturated rings. The topological polar surface area (TPSA) is 3.24 Å². The minimum atomic E-state index is -0.0248. The molecule has 34 heavy (non-hydrogen) atoms. The smallest absolute Gasteiger partial charge is 0.0540 e. The van der Waals surface area contributed by atoms with Gasteiger partial charge in [0.05, 0.1) is 5.69 Å². The van der Waals surface area contributed by atoms with Gasteiger partial charge in [0, 0.05) is 22.2 Å². The van der Waals surface area contributed by atoms with Crippen LogP contribution < -0.4 is 4.90 Å². The molecule has 5 aromatic rings. The number of nitrogens with zero attached hydrogens (tertiary/aromatic N) is 1. The van der Waals surface area contributed by atoms with Crippen molar-refractivity contribution in [1.82, 2.24) is 0 Å². The van der Waals surface area contributed by atoms with E-state index in [0.29, 0.717) is 0 Å². The summed E-state index contributed by atoms with van der Waals surface area (Å²) in [5.41, 5.74) is 9.02. The first kappa shape index (κ1) is 22.0. The SMILES string of the molecule is CC.CC1(C)c2ccccc2-c2ccc(N(c3ccccc3)c3cccc4ccccc34)cc21. The number of anilines is 3. The van der Waals surface area contributed by atoms with Crippen LogP contribution in [-0.2, 0) is 5.41 Å². The summed E-state index contributed by atoms with van der Waals surface area (Å²) in [6.07, 6.45) is 0. The lowest BCUT2D eigenvalue weighted by Crippen LogP contribution is -2.16. The Balaban J connectivity index is 0.00000117. The standard InChI is InChI=1S/C31H25N.C2H6/c1-31(2)28-17-9-8-16-26(28)27-20-19-24(21-29(27)31)32(23-13-4-3-5-14-23)30-18-10-12-22-11-6-7-15-25(22)30;1-2/h3-21H,1-2H3;1-2H3. The van der Waals surface area contributed by atoms with Crippen molar-refractivity contribution in [2.75, 3.05) is 4.90 Å². The summed E-state index contributed by atoms with van der Waals surface area (Å²) in [7, 11) is 0. The van der Waals surface area contributed by atoms with E-state index in [-0.39, 0.29) is 5.41 Å². The molecule has 0 saturated heterocycles. The summed E-state index contributed by atoms with van der Waals surface area (Å²) >= 11 is 0. The van der Waals surface area contributed by atoms with Crippen molar-refractivity contribution in [3.8, 4) is 11.1 Å². The molecule has 168 valence electrons. The van der Waals surface area contributed by atoms with Gasteiger partial charge < -0.3 is 4.90 Å². The van der Waals surface area contributed by atoms with Gasteiger partial charge in [-0.1, -0.05) is 113 Å². The predicted molar refractivity (Wildman–Crippen MR) is 148 cm³/mol. The summed E-state index contributed by atoms with van der Waals surface area (Å²) in [5, 5.41) is 2.50. The Bertz CT molecular complexity index is 1440. The fraction of sp³-hybridized carbons (Fsp3) is 0.152. The highest BCUT2D eigenvalue weighted by Gasteiger charge is 2.35. The zero-order valence-electron chi connectivity index (χ0n) is 20.4. The molecule has 1 heteroatoms. The second-order valence-electron chi connectivity index (χ2n) is 9.07. The number of rotatable bonds is 3.